The Labute approximate surface area is 407 Å². The first kappa shape index (κ1) is 40.5. The second-order valence-electron chi connectivity index (χ2n) is 19.1. The van der Waals surface area contributed by atoms with Gasteiger partial charge in [-0.05, 0) is 202 Å². The quantitative estimate of drug-likeness (QED) is 0.152. The van der Waals surface area contributed by atoms with Gasteiger partial charge in [0, 0.05) is 56.0 Å². The molecule has 0 unspecified atom stereocenters. The van der Waals surface area contributed by atoms with Crippen molar-refractivity contribution in [3.63, 3.8) is 0 Å². The lowest BCUT2D eigenvalue weighted by atomic mass is 9.76. The Kier molecular flexibility index (Phi) is 9.58. The van der Waals surface area contributed by atoms with Crippen molar-refractivity contribution in [2.45, 2.75) is 38.5 Å². The smallest absolute Gasteiger partial charge is 0.0712 e. The minimum atomic E-state index is 1.01. The Bertz CT molecular complexity index is 3770. The molecule has 0 N–H and O–H groups in total. The van der Waals surface area contributed by atoms with E-state index in [1.54, 1.807) is 0 Å². The lowest BCUT2D eigenvalue weighted by molar-refractivity contribution is 0.788. The fourth-order valence-corrected chi connectivity index (χ4v) is 11.7. The van der Waals surface area contributed by atoms with Crippen LogP contribution in [0.4, 0.5) is 34.1 Å². The molecule has 0 spiro atoms. The van der Waals surface area contributed by atoms with Gasteiger partial charge in [0.05, 0.1) is 22.4 Å². The molecule has 70 heavy (non-hydrogen) atoms. The number of rotatable bonds is 8. The fourth-order valence-electron chi connectivity index (χ4n) is 11.7. The third-order valence-corrected chi connectivity index (χ3v) is 15.0. The summed E-state index contributed by atoms with van der Waals surface area (Å²) in [5.74, 6) is 0. The molecule has 2 heterocycles. The molecule has 2 aliphatic carbocycles. The summed E-state index contributed by atoms with van der Waals surface area (Å²) in [5, 5.41) is 10.1. The van der Waals surface area contributed by atoms with Gasteiger partial charge in [0.2, 0.25) is 0 Å². The van der Waals surface area contributed by atoms with Crippen molar-refractivity contribution in [3.8, 4) is 22.5 Å². The predicted octanol–water partition coefficient (Wildman–Crippen LogP) is 17.5. The summed E-state index contributed by atoms with van der Waals surface area (Å²) >= 11 is 0. The highest BCUT2D eigenvalue weighted by atomic mass is 15.1. The highest BCUT2D eigenvalue weighted by molar-refractivity contribution is 6.04. The third kappa shape index (κ3) is 6.90. The van der Waals surface area contributed by atoms with Crippen LogP contribution in [0.5, 0.6) is 0 Å². The molecule has 14 rings (SSSR count). The van der Waals surface area contributed by atoms with Gasteiger partial charge in [-0.1, -0.05) is 109 Å². The lowest BCUT2D eigenvalue weighted by Crippen LogP contribution is -2.12. The SMILES string of the molecule is c1ccc(N(c2ccc3ccccc3c2)c2ccc3nc(-c4cc5c6c(c(-c7ccc8cc(N(c9ccccc9)c9ccc%10ccccc%10c9)ccc8n7)cc7c6c4CCC7)CCC5)ccc3c2)cc1. The van der Waals surface area contributed by atoms with E-state index >= 15 is 0 Å². The molecule has 0 saturated heterocycles. The van der Waals surface area contributed by atoms with Crippen molar-refractivity contribution in [2.24, 2.45) is 0 Å². The zero-order valence-corrected chi connectivity index (χ0v) is 38.8. The first-order chi connectivity index (χ1) is 34.7. The first-order valence-electron chi connectivity index (χ1n) is 24.8. The van der Waals surface area contributed by atoms with Crippen LogP contribution in [0.3, 0.4) is 0 Å². The van der Waals surface area contributed by atoms with Gasteiger partial charge in [-0.15, -0.1) is 0 Å². The number of hydrogen-bond acceptors (Lipinski definition) is 4. The molecular formula is C66H48N4. The van der Waals surface area contributed by atoms with Gasteiger partial charge in [-0.2, -0.15) is 0 Å². The van der Waals surface area contributed by atoms with Gasteiger partial charge in [0.15, 0.2) is 0 Å². The average molecular weight is 897 g/mol. The number of nitrogens with zero attached hydrogens (tertiary/aromatic N) is 4. The van der Waals surface area contributed by atoms with Crippen LogP contribution in [-0.2, 0) is 25.7 Å². The normalized spacial score (nSPS) is 13.1. The summed E-state index contributed by atoms with van der Waals surface area (Å²) in [6.07, 6.45) is 6.51. The Morgan fingerprint density at radius 3 is 1.10 bits per heavy atom. The Morgan fingerprint density at radius 1 is 0.286 bits per heavy atom. The van der Waals surface area contributed by atoms with Crippen LogP contribution in [0, 0.1) is 0 Å². The summed E-state index contributed by atoms with van der Waals surface area (Å²) < 4.78 is 0. The Balaban J connectivity index is 0.827. The molecule has 4 heteroatoms. The number of anilines is 6. The van der Waals surface area contributed by atoms with Crippen LogP contribution in [0.15, 0.2) is 218 Å². The summed E-state index contributed by atoms with van der Waals surface area (Å²) in [5.41, 5.74) is 19.3. The molecule has 2 aliphatic rings. The van der Waals surface area contributed by atoms with E-state index in [2.05, 4.69) is 228 Å². The Hall–Kier alpha value is -8.60. The number of aromatic nitrogens is 2. The summed E-state index contributed by atoms with van der Waals surface area (Å²) in [7, 11) is 0. The highest BCUT2D eigenvalue weighted by Crippen LogP contribution is 2.47. The van der Waals surface area contributed by atoms with Crippen molar-refractivity contribution < 1.29 is 0 Å². The van der Waals surface area contributed by atoms with Crippen LogP contribution in [0.1, 0.15) is 35.1 Å². The number of para-hydroxylation sites is 2. The van der Waals surface area contributed by atoms with Gasteiger partial charge >= 0.3 is 0 Å². The number of hydrogen-bond donors (Lipinski definition) is 0. The van der Waals surface area contributed by atoms with Crippen LogP contribution in [0.2, 0.25) is 0 Å². The minimum absolute atomic E-state index is 1.01. The molecule has 0 bridgehead atoms. The largest absolute Gasteiger partial charge is 0.310 e. The molecule has 0 fully saturated rings. The Morgan fingerprint density at radius 2 is 0.657 bits per heavy atom. The zero-order valence-electron chi connectivity index (χ0n) is 38.8. The van der Waals surface area contributed by atoms with Crippen molar-refractivity contribution in [1.82, 2.24) is 9.97 Å². The van der Waals surface area contributed by atoms with Crippen LogP contribution in [0.25, 0.3) is 76.6 Å². The summed E-state index contributed by atoms with van der Waals surface area (Å²) in [6.45, 7) is 0. The molecule has 10 aromatic carbocycles. The van der Waals surface area contributed by atoms with Gasteiger partial charge in [0.1, 0.15) is 0 Å². The first-order valence-corrected chi connectivity index (χ1v) is 24.8. The molecule has 4 nitrogen and oxygen atoms in total. The molecule has 0 radical (unpaired) electrons. The lowest BCUT2D eigenvalue weighted by Gasteiger charge is -2.29. The number of pyridine rings is 2. The van der Waals surface area contributed by atoms with Crippen molar-refractivity contribution >= 4 is 88.2 Å². The van der Waals surface area contributed by atoms with Crippen LogP contribution >= 0.6 is 0 Å². The van der Waals surface area contributed by atoms with E-state index in [9.17, 15) is 0 Å². The van der Waals surface area contributed by atoms with Gasteiger partial charge in [-0.3, -0.25) is 0 Å². The molecule has 0 atom stereocenters. The van der Waals surface area contributed by atoms with E-state index in [1.807, 2.05) is 0 Å². The molecule has 0 amide bonds. The minimum Gasteiger partial charge on any atom is -0.310 e. The van der Waals surface area contributed by atoms with Crippen molar-refractivity contribution in [2.75, 3.05) is 9.80 Å². The molecule has 0 saturated carbocycles. The number of aryl methyl sites for hydroxylation is 4. The maximum Gasteiger partial charge on any atom is 0.0712 e. The van der Waals surface area contributed by atoms with E-state index in [4.69, 9.17) is 9.97 Å². The van der Waals surface area contributed by atoms with E-state index in [0.717, 1.165) is 106 Å². The second kappa shape index (κ2) is 16.6. The molecule has 0 aliphatic heterocycles. The number of fused-ring (bicyclic) bond motifs is 4. The molecule has 2 aromatic heterocycles. The molecule has 332 valence electrons. The second-order valence-corrected chi connectivity index (χ2v) is 19.1. The average Bonchev–Trinajstić information content (AvgIpc) is 3.43. The van der Waals surface area contributed by atoms with E-state index in [0.29, 0.717) is 0 Å². The van der Waals surface area contributed by atoms with Gasteiger partial charge in [0.25, 0.3) is 0 Å². The maximum atomic E-state index is 5.44. The van der Waals surface area contributed by atoms with E-state index in [-0.39, 0.29) is 0 Å². The van der Waals surface area contributed by atoms with Crippen LogP contribution < -0.4 is 9.80 Å². The van der Waals surface area contributed by atoms with Gasteiger partial charge < -0.3 is 9.80 Å². The van der Waals surface area contributed by atoms with Crippen LogP contribution in [-0.4, -0.2) is 9.97 Å². The van der Waals surface area contributed by atoms with Crippen molar-refractivity contribution in [3.05, 3.63) is 241 Å². The molecular weight excluding hydrogens is 849 g/mol. The summed E-state index contributed by atoms with van der Waals surface area (Å²) in [4.78, 5) is 15.6. The maximum absolute atomic E-state index is 5.44. The predicted molar refractivity (Wildman–Crippen MR) is 294 cm³/mol. The van der Waals surface area contributed by atoms with E-state index < -0.39 is 0 Å². The third-order valence-electron chi connectivity index (χ3n) is 15.0. The van der Waals surface area contributed by atoms with Gasteiger partial charge in [-0.25, -0.2) is 9.97 Å². The van der Waals surface area contributed by atoms with Crippen molar-refractivity contribution in [1.29, 1.82) is 0 Å². The standard InChI is InChI=1S/C66H48N4/c1-3-19-51(20-4-1)69(53-29-25-43-13-7-9-15-45(43)37-53)55-31-35-61-47(39-55)27-33-63(67-61)59-41-49-17-12-24-58-60(42-50-18-11-23-57(59)65(50)66(49)58)64-34-28-48-40-56(32-36-62(48)68-64)70(52-21-5-2-6-22-52)54-30-26-44-14-8-10-16-46(44)38-54/h1-10,13-16,19-22,25-42H,11-12,17-18,23-24H2. The zero-order chi connectivity index (χ0) is 46.1. The number of benzene rings is 10. The fraction of sp³-hybridized carbons (Fsp3) is 0.0909. The highest BCUT2D eigenvalue weighted by Gasteiger charge is 2.27. The molecule has 12 aromatic rings. The summed E-state index contributed by atoms with van der Waals surface area (Å²) in [6, 6.07) is 79.5. The monoisotopic (exact) mass is 896 g/mol. The topological polar surface area (TPSA) is 32.3 Å². The van der Waals surface area contributed by atoms with E-state index in [1.165, 1.54) is 65.7 Å².